The Bertz CT molecular complexity index is 251. The van der Waals surface area contributed by atoms with Gasteiger partial charge in [-0.15, -0.1) is 0 Å². The maximum absolute atomic E-state index is 12.0. The summed E-state index contributed by atoms with van der Waals surface area (Å²) in [6.07, 6.45) is -3.94. The zero-order valence-electron chi connectivity index (χ0n) is 9.13. The number of halogens is 3. The van der Waals surface area contributed by atoms with E-state index in [0.717, 1.165) is 17.9 Å². The normalized spacial score (nSPS) is 17.8. The van der Waals surface area contributed by atoms with Crippen molar-refractivity contribution >= 4 is 5.91 Å². The molecule has 0 aromatic carbocycles. The number of carbonyl (C=O) groups is 1. The third-order valence-electron chi connectivity index (χ3n) is 2.73. The number of hydrogen-bond donors (Lipinski definition) is 1. The van der Waals surface area contributed by atoms with E-state index in [1.165, 1.54) is 0 Å². The number of nitrogens with zero attached hydrogens (tertiary/aromatic N) is 2. The van der Waals surface area contributed by atoms with Gasteiger partial charge in [0.1, 0.15) is 0 Å². The summed E-state index contributed by atoms with van der Waals surface area (Å²) in [7, 11) is 1.83. The predicted octanol–water partition coefficient (Wildman–Crippen LogP) is 0.0401. The van der Waals surface area contributed by atoms with E-state index in [2.05, 4.69) is 0 Å². The Morgan fingerprint density at radius 3 is 2.50 bits per heavy atom. The van der Waals surface area contributed by atoms with Crippen molar-refractivity contribution in [3.8, 4) is 0 Å². The molecule has 1 saturated heterocycles. The Hall–Kier alpha value is -0.820. The van der Waals surface area contributed by atoms with Gasteiger partial charge >= 0.3 is 12.1 Å². The summed E-state index contributed by atoms with van der Waals surface area (Å²) in [5.41, 5.74) is 5.33. The van der Waals surface area contributed by atoms with Crippen LogP contribution >= 0.6 is 0 Å². The number of carbonyl (C=O) groups excluding carboxylic acids is 1. The van der Waals surface area contributed by atoms with Crippen molar-refractivity contribution in [1.82, 2.24) is 9.80 Å². The summed E-state index contributed by atoms with van der Waals surface area (Å²) in [6, 6.07) is 0.0258. The average molecular weight is 239 g/mol. The van der Waals surface area contributed by atoms with Gasteiger partial charge < -0.3 is 10.6 Å². The number of rotatable bonds is 4. The Morgan fingerprint density at radius 2 is 2.06 bits per heavy atom. The summed E-state index contributed by atoms with van der Waals surface area (Å²) in [5, 5.41) is 0. The SMILES string of the molecule is CN(CCCN)C1CN(C(=O)C(F)(F)F)C1. The van der Waals surface area contributed by atoms with Crippen LogP contribution in [0.15, 0.2) is 0 Å². The molecule has 94 valence electrons. The molecule has 1 fully saturated rings. The first-order valence-corrected chi connectivity index (χ1v) is 5.12. The van der Waals surface area contributed by atoms with Crippen molar-refractivity contribution in [3.63, 3.8) is 0 Å². The molecule has 0 radical (unpaired) electrons. The zero-order valence-corrected chi connectivity index (χ0v) is 9.13. The molecule has 0 bridgehead atoms. The van der Waals surface area contributed by atoms with E-state index < -0.39 is 12.1 Å². The molecule has 1 aliphatic heterocycles. The third kappa shape index (κ3) is 3.08. The molecule has 0 aromatic heterocycles. The van der Waals surface area contributed by atoms with Crippen LogP contribution in [0, 0.1) is 0 Å². The molecule has 2 N–H and O–H groups in total. The van der Waals surface area contributed by atoms with E-state index in [0.29, 0.717) is 6.54 Å². The van der Waals surface area contributed by atoms with Gasteiger partial charge in [0.05, 0.1) is 0 Å². The minimum absolute atomic E-state index is 0.0258. The molecule has 0 atom stereocenters. The van der Waals surface area contributed by atoms with E-state index in [4.69, 9.17) is 5.73 Å². The van der Waals surface area contributed by atoms with Crippen molar-refractivity contribution in [1.29, 1.82) is 0 Å². The van der Waals surface area contributed by atoms with Gasteiger partial charge in [0.2, 0.25) is 0 Å². The van der Waals surface area contributed by atoms with Crippen LogP contribution < -0.4 is 5.73 Å². The number of hydrogen-bond acceptors (Lipinski definition) is 3. The molecule has 1 rings (SSSR count). The highest BCUT2D eigenvalue weighted by Gasteiger charge is 2.47. The van der Waals surface area contributed by atoms with Gasteiger partial charge in [-0.3, -0.25) is 9.69 Å². The van der Waals surface area contributed by atoms with Crippen molar-refractivity contribution in [2.45, 2.75) is 18.6 Å². The highest BCUT2D eigenvalue weighted by atomic mass is 19.4. The first-order valence-electron chi connectivity index (χ1n) is 5.12. The van der Waals surface area contributed by atoms with Gasteiger partial charge in [0, 0.05) is 19.1 Å². The summed E-state index contributed by atoms with van der Waals surface area (Å²) >= 11 is 0. The number of alkyl halides is 3. The van der Waals surface area contributed by atoms with Gasteiger partial charge in [0.15, 0.2) is 0 Å². The molecule has 16 heavy (non-hydrogen) atoms. The molecule has 0 saturated carbocycles. The molecule has 1 aliphatic rings. The van der Waals surface area contributed by atoms with E-state index in [1.54, 1.807) is 0 Å². The standard InChI is InChI=1S/C9H16F3N3O/c1-14(4-2-3-13)7-5-15(6-7)8(16)9(10,11)12/h7H,2-6,13H2,1H3. The van der Waals surface area contributed by atoms with E-state index >= 15 is 0 Å². The fourth-order valence-electron chi connectivity index (χ4n) is 1.60. The van der Waals surface area contributed by atoms with E-state index in [1.807, 2.05) is 11.9 Å². The van der Waals surface area contributed by atoms with Gasteiger partial charge in [-0.05, 0) is 26.6 Å². The molecule has 0 aliphatic carbocycles. The number of amides is 1. The summed E-state index contributed by atoms with van der Waals surface area (Å²) in [5.74, 6) is -1.74. The minimum Gasteiger partial charge on any atom is -0.332 e. The number of likely N-dealkylation sites (tertiary alicyclic amines) is 1. The monoisotopic (exact) mass is 239 g/mol. The largest absolute Gasteiger partial charge is 0.471 e. The lowest BCUT2D eigenvalue weighted by molar-refractivity contribution is -0.192. The number of likely N-dealkylation sites (N-methyl/N-ethyl adjacent to an activating group) is 1. The maximum Gasteiger partial charge on any atom is 0.471 e. The number of nitrogens with two attached hydrogens (primary N) is 1. The second-order valence-electron chi connectivity index (χ2n) is 3.98. The van der Waals surface area contributed by atoms with Gasteiger partial charge in [-0.25, -0.2) is 0 Å². The minimum atomic E-state index is -4.75. The topological polar surface area (TPSA) is 49.6 Å². The van der Waals surface area contributed by atoms with Crippen LogP contribution in [-0.4, -0.2) is 61.2 Å². The first-order chi connectivity index (χ1) is 7.36. The van der Waals surface area contributed by atoms with E-state index in [-0.39, 0.29) is 19.1 Å². The predicted molar refractivity (Wildman–Crippen MR) is 52.7 cm³/mol. The van der Waals surface area contributed by atoms with Crippen LogP contribution in [0.4, 0.5) is 13.2 Å². The lowest BCUT2D eigenvalue weighted by Gasteiger charge is -2.44. The first kappa shape index (κ1) is 13.2. The Labute approximate surface area is 92.2 Å². The van der Waals surface area contributed by atoms with Crippen molar-refractivity contribution in [3.05, 3.63) is 0 Å². The summed E-state index contributed by atoms with van der Waals surface area (Å²) in [6.45, 7) is 1.61. The second-order valence-corrected chi connectivity index (χ2v) is 3.98. The van der Waals surface area contributed by atoms with Crippen LogP contribution in [-0.2, 0) is 4.79 Å². The Balaban J connectivity index is 2.30. The highest BCUT2D eigenvalue weighted by molar-refractivity contribution is 5.82. The third-order valence-corrected chi connectivity index (χ3v) is 2.73. The maximum atomic E-state index is 12.0. The molecule has 0 aromatic rings. The zero-order chi connectivity index (χ0) is 12.3. The summed E-state index contributed by atoms with van der Waals surface area (Å²) < 4.78 is 36.1. The van der Waals surface area contributed by atoms with Crippen molar-refractivity contribution in [2.24, 2.45) is 5.73 Å². The van der Waals surface area contributed by atoms with E-state index in [9.17, 15) is 18.0 Å². The van der Waals surface area contributed by atoms with Gasteiger partial charge in [0.25, 0.3) is 0 Å². The van der Waals surface area contributed by atoms with Gasteiger partial charge in [-0.2, -0.15) is 13.2 Å². The lowest BCUT2D eigenvalue weighted by Crippen LogP contribution is -2.62. The highest BCUT2D eigenvalue weighted by Crippen LogP contribution is 2.23. The molecule has 1 amide bonds. The van der Waals surface area contributed by atoms with Crippen LogP contribution in [0.3, 0.4) is 0 Å². The van der Waals surface area contributed by atoms with Crippen LogP contribution in [0.25, 0.3) is 0 Å². The lowest BCUT2D eigenvalue weighted by atomic mass is 10.1. The molecule has 0 unspecified atom stereocenters. The molecular weight excluding hydrogens is 223 g/mol. The van der Waals surface area contributed by atoms with Crippen molar-refractivity contribution in [2.75, 3.05) is 33.2 Å². The molecular formula is C9H16F3N3O. The Kier molecular flexibility index (Phi) is 4.15. The second kappa shape index (κ2) is 5.01. The fourth-order valence-corrected chi connectivity index (χ4v) is 1.60. The summed E-state index contributed by atoms with van der Waals surface area (Å²) in [4.78, 5) is 13.6. The van der Waals surface area contributed by atoms with Crippen LogP contribution in [0.1, 0.15) is 6.42 Å². The molecule has 0 spiro atoms. The average Bonchev–Trinajstić information content (AvgIpc) is 2.10. The van der Waals surface area contributed by atoms with Crippen LogP contribution in [0.5, 0.6) is 0 Å². The molecule has 7 heteroatoms. The van der Waals surface area contributed by atoms with Gasteiger partial charge in [-0.1, -0.05) is 0 Å². The smallest absolute Gasteiger partial charge is 0.332 e. The quantitative estimate of drug-likeness (QED) is 0.753. The molecule has 4 nitrogen and oxygen atoms in total. The Morgan fingerprint density at radius 1 is 1.50 bits per heavy atom. The fraction of sp³-hybridized carbons (Fsp3) is 0.889. The van der Waals surface area contributed by atoms with Crippen LogP contribution in [0.2, 0.25) is 0 Å². The van der Waals surface area contributed by atoms with Crippen molar-refractivity contribution < 1.29 is 18.0 Å². The molecule has 1 heterocycles.